The minimum Gasteiger partial charge on any atom is -0.491 e. The highest BCUT2D eigenvalue weighted by Crippen LogP contribution is 2.34. The number of hydrogen-bond donors (Lipinski definition) is 1. The van der Waals surface area contributed by atoms with Gasteiger partial charge in [-0.3, -0.25) is 4.79 Å². The molecule has 0 bridgehead atoms. The normalized spacial score (nSPS) is 15.0. The molecule has 0 spiro atoms. The van der Waals surface area contributed by atoms with Crippen LogP contribution in [0.4, 0.5) is 16.0 Å². The number of carbonyl (C=O) groups is 1. The van der Waals surface area contributed by atoms with E-state index in [0.717, 1.165) is 5.56 Å². The van der Waals surface area contributed by atoms with E-state index in [4.69, 9.17) is 24.7 Å². The van der Waals surface area contributed by atoms with Gasteiger partial charge in [-0.15, -0.1) is 5.10 Å². The average molecular weight is 626 g/mol. The van der Waals surface area contributed by atoms with Crippen LogP contribution in [-0.2, 0) is 15.1 Å². The lowest BCUT2D eigenvalue weighted by molar-refractivity contribution is -0.138. The number of nitrogens with zero attached hydrogens (tertiary/aromatic N) is 8. The molecule has 5 heterocycles. The number of methoxy groups -OCH3 is 1. The summed E-state index contributed by atoms with van der Waals surface area (Å²) in [5, 5.41) is 9.74. The Morgan fingerprint density at radius 3 is 2.54 bits per heavy atom. The second-order valence-electron chi connectivity index (χ2n) is 11.1. The van der Waals surface area contributed by atoms with Crippen LogP contribution < -0.4 is 15.4 Å². The van der Waals surface area contributed by atoms with Crippen molar-refractivity contribution in [3.05, 3.63) is 84.5 Å². The quantitative estimate of drug-likeness (QED) is 0.237. The molecule has 46 heavy (non-hydrogen) atoms. The number of piperazine rings is 1. The van der Waals surface area contributed by atoms with Crippen molar-refractivity contribution in [3.63, 3.8) is 0 Å². The first-order chi connectivity index (χ1) is 22.4. The van der Waals surface area contributed by atoms with E-state index in [1.165, 1.54) is 10.6 Å². The van der Waals surface area contributed by atoms with Crippen LogP contribution in [0.2, 0.25) is 0 Å². The van der Waals surface area contributed by atoms with E-state index in [1.807, 2.05) is 42.2 Å². The van der Waals surface area contributed by atoms with Gasteiger partial charge in [0.2, 0.25) is 11.8 Å². The molecular formula is C32H32FN9O4. The maximum absolute atomic E-state index is 15.1. The Labute approximate surface area is 262 Å². The van der Waals surface area contributed by atoms with Gasteiger partial charge in [0.25, 0.3) is 5.91 Å². The summed E-state index contributed by atoms with van der Waals surface area (Å²) in [6.45, 7) is 4.21. The van der Waals surface area contributed by atoms with Gasteiger partial charge in [-0.2, -0.15) is 14.6 Å². The van der Waals surface area contributed by atoms with Crippen molar-refractivity contribution in [3.8, 4) is 17.3 Å². The number of nitrogen functional groups attached to an aromatic ring is 1. The third-order valence-corrected chi connectivity index (χ3v) is 8.33. The van der Waals surface area contributed by atoms with Crippen molar-refractivity contribution in [2.45, 2.75) is 12.5 Å². The van der Waals surface area contributed by atoms with Crippen molar-refractivity contribution < 1.29 is 23.1 Å². The van der Waals surface area contributed by atoms with Crippen LogP contribution in [-0.4, -0.2) is 86.7 Å². The van der Waals surface area contributed by atoms with Crippen molar-refractivity contribution >= 4 is 34.2 Å². The van der Waals surface area contributed by atoms with Gasteiger partial charge < -0.3 is 29.4 Å². The summed E-state index contributed by atoms with van der Waals surface area (Å²) in [6, 6.07) is 17.8. The molecule has 236 valence electrons. The van der Waals surface area contributed by atoms with Crippen LogP contribution in [0.25, 0.3) is 28.3 Å². The number of rotatable bonds is 9. The van der Waals surface area contributed by atoms with Gasteiger partial charge in [-0.05, 0) is 36.8 Å². The first kappa shape index (κ1) is 29.2. The molecule has 1 fully saturated rings. The third-order valence-electron chi connectivity index (χ3n) is 8.33. The lowest BCUT2D eigenvalue weighted by Gasteiger charge is -2.41. The van der Waals surface area contributed by atoms with Gasteiger partial charge in [0.1, 0.15) is 18.2 Å². The first-order valence-corrected chi connectivity index (χ1v) is 14.8. The zero-order valence-electron chi connectivity index (χ0n) is 25.3. The zero-order valence-corrected chi connectivity index (χ0v) is 25.3. The Bertz CT molecular complexity index is 2000. The molecule has 6 aromatic rings. The Morgan fingerprint density at radius 2 is 1.83 bits per heavy atom. The van der Waals surface area contributed by atoms with E-state index in [0.29, 0.717) is 79.1 Å². The van der Waals surface area contributed by atoms with Crippen molar-refractivity contribution in [1.29, 1.82) is 0 Å². The van der Waals surface area contributed by atoms with Crippen LogP contribution in [0.3, 0.4) is 0 Å². The van der Waals surface area contributed by atoms with Crippen LogP contribution in [0, 0.1) is 5.82 Å². The van der Waals surface area contributed by atoms with Crippen molar-refractivity contribution in [1.82, 2.24) is 34.3 Å². The Hall–Kier alpha value is -5.50. The molecule has 1 atom stereocenters. The van der Waals surface area contributed by atoms with E-state index in [-0.39, 0.29) is 17.7 Å². The lowest BCUT2D eigenvalue weighted by atomic mass is 9.90. The number of nitrogens with two attached hydrogens (primary N) is 1. The smallest absolute Gasteiger partial charge is 0.255 e. The highest BCUT2D eigenvalue weighted by Gasteiger charge is 2.43. The van der Waals surface area contributed by atoms with E-state index in [2.05, 4.69) is 15.1 Å². The third kappa shape index (κ3) is 4.96. The van der Waals surface area contributed by atoms with Crippen LogP contribution in [0.15, 0.2) is 77.5 Å². The number of amides is 1. The number of anilines is 2. The molecule has 1 aliphatic heterocycles. The molecule has 1 aliphatic rings. The van der Waals surface area contributed by atoms with E-state index >= 15 is 4.39 Å². The van der Waals surface area contributed by atoms with E-state index in [1.54, 1.807) is 53.4 Å². The SMILES string of the molecule is COCCOc1ccc(N2CCN(C(=O)C(C)(c3ccccc3)n3ncc4c3nc(N)n3nc(-c5ccco5)nc43)CC2)c(F)c1. The monoisotopic (exact) mass is 625 g/mol. The fourth-order valence-corrected chi connectivity index (χ4v) is 5.88. The molecule has 2 aromatic carbocycles. The summed E-state index contributed by atoms with van der Waals surface area (Å²) in [6.07, 6.45) is 3.16. The van der Waals surface area contributed by atoms with E-state index in [9.17, 15) is 4.79 Å². The van der Waals surface area contributed by atoms with Crippen molar-refractivity contribution in [2.24, 2.45) is 0 Å². The molecule has 0 aliphatic carbocycles. The summed E-state index contributed by atoms with van der Waals surface area (Å²) in [5.74, 6) is 0.797. The average Bonchev–Trinajstić information content (AvgIpc) is 3.85. The number of hydrogen-bond acceptors (Lipinski definition) is 10. The molecule has 1 amide bonds. The number of benzene rings is 2. The highest BCUT2D eigenvalue weighted by atomic mass is 19.1. The standard InChI is InChI=1S/C32H32FN9O4/c1-32(21-7-4-3-5-8-21,30(43)40-14-12-39(13-15-40)25-11-10-22(19-24(25)33)45-18-17-44-2)42-29-23(20-35-42)28-36-27(26-9-6-16-46-26)38-41(28)31(34)37-29/h3-11,16,19-20H,12-15,17-18H2,1-2H3,(H2,34,37). The number of aromatic nitrogens is 6. The fraction of sp³-hybridized carbons (Fsp3) is 0.281. The van der Waals surface area contributed by atoms with Gasteiger partial charge >= 0.3 is 0 Å². The number of ether oxygens (including phenoxy) is 2. The van der Waals surface area contributed by atoms with Gasteiger partial charge in [0, 0.05) is 39.4 Å². The molecule has 0 saturated carbocycles. The minimum absolute atomic E-state index is 0.0863. The second kappa shape index (κ2) is 11.8. The fourth-order valence-electron chi connectivity index (χ4n) is 5.88. The molecule has 1 unspecified atom stereocenters. The number of halogens is 1. The maximum Gasteiger partial charge on any atom is 0.255 e. The first-order valence-electron chi connectivity index (χ1n) is 14.8. The number of carbonyl (C=O) groups excluding carboxylic acids is 1. The maximum atomic E-state index is 15.1. The van der Waals surface area contributed by atoms with Gasteiger partial charge in [0.05, 0.1) is 30.1 Å². The molecular weight excluding hydrogens is 593 g/mol. The Kier molecular flexibility index (Phi) is 7.48. The van der Waals surface area contributed by atoms with E-state index < -0.39 is 5.54 Å². The molecule has 13 nitrogen and oxygen atoms in total. The summed E-state index contributed by atoms with van der Waals surface area (Å²) in [4.78, 5) is 27.6. The number of furan rings is 1. The minimum atomic E-state index is -1.29. The predicted octanol–water partition coefficient (Wildman–Crippen LogP) is 3.59. The van der Waals surface area contributed by atoms with Crippen molar-refractivity contribution in [2.75, 3.05) is 57.1 Å². The van der Waals surface area contributed by atoms with Crippen LogP contribution in [0.1, 0.15) is 12.5 Å². The number of fused-ring (bicyclic) bond motifs is 3. The predicted molar refractivity (Wildman–Crippen MR) is 168 cm³/mol. The molecule has 7 rings (SSSR count). The van der Waals surface area contributed by atoms with Crippen LogP contribution in [0.5, 0.6) is 5.75 Å². The molecule has 0 radical (unpaired) electrons. The Balaban J connectivity index is 1.20. The summed E-state index contributed by atoms with van der Waals surface area (Å²) >= 11 is 0. The molecule has 2 N–H and O–H groups in total. The van der Waals surface area contributed by atoms with Gasteiger partial charge in [0.15, 0.2) is 22.6 Å². The summed E-state index contributed by atoms with van der Waals surface area (Å²) < 4.78 is 34.1. The Morgan fingerprint density at radius 1 is 1.02 bits per heavy atom. The second-order valence-corrected chi connectivity index (χ2v) is 11.1. The topological polar surface area (TPSA) is 142 Å². The van der Waals surface area contributed by atoms with Gasteiger partial charge in [-0.25, -0.2) is 14.1 Å². The molecule has 4 aromatic heterocycles. The summed E-state index contributed by atoms with van der Waals surface area (Å²) in [5.41, 5.74) is 7.09. The van der Waals surface area contributed by atoms with Gasteiger partial charge in [-0.1, -0.05) is 30.3 Å². The zero-order chi connectivity index (χ0) is 31.8. The van der Waals surface area contributed by atoms with Crippen LogP contribution >= 0.6 is 0 Å². The summed E-state index contributed by atoms with van der Waals surface area (Å²) in [7, 11) is 1.58. The highest BCUT2D eigenvalue weighted by molar-refractivity contribution is 5.94. The largest absolute Gasteiger partial charge is 0.491 e. The lowest BCUT2D eigenvalue weighted by Crippen LogP contribution is -2.56. The molecule has 14 heteroatoms. The molecule has 1 saturated heterocycles.